The van der Waals surface area contributed by atoms with Crippen molar-refractivity contribution in [2.24, 2.45) is 5.92 Å². The topological polar surface area (TPSA) is 26.3 Å². The molecule has 1 rings (SSSR count). The minimum atomic E-state index is -0.221. The molecule has 2 nitrogen and oxygen atoms in total. The third kappa shape index (κ3) is 3.86. The fourth-order valence-corrected chi connectivity index (χ4v) is 2.71. The van der Waals surface area contributed by atoms with E-state index in [-0.39, 0.29) is 11.6 Å². The van der Waals surface area contributed by atoms with E-state index in [4.69, 9.17) is 4.74 Å². The lowest BCUT2D eigenvalue weighted by Crippen LogP contribution is -2.38. The van der Waals surface area contributed by atoms with E-state index in [2.05, 4.69) is 20.4 Å². The first-order chi connectivity index (χ1) is 8.03. The van der Waals surface area contributed by atoms with E-state index in [1.54, 1.807) is 6.92 Å². The predicted molar refractivity (Wildman–Crippen MR) is 70.8 cm³/mol. The quantitative estimate of drug-likeness (QED) is 0.529. The Labute approximate surface area is 105 Å². The highest BCUT2D eigenvalue weighted by atomic mass is 16.6. The van der Waals surface area contributed by atoms with Crippen LogP contribution in [0, 0.1) is 5.92 Å². The molecule has 1 saturated carbocycles. The molecule has 1 aliphatic carbocycles. The zero-order valence-electron chi connectivity index (χ0n) is 11.6. The summed E-state index contributed by atoms with van der Waals surface area (Å²) in [5.41, 5.74) is 0.300. The van der Waals surface area contributed by atoms with E-state index in [0.29, 0.717) is 5.57 Å². The van der Waals surface area contributed by atoms with Gasteiger partial charge in [0.2, 0.25) is 0 Å². The van der Waals surface area contributed by atoms with Gasteiger partial charge in [0, 0.05) is 5.57 Å². The molecule has 0 spiro atoms. The molecule has 2 heteroatoms. The molecule has 0 aromatic rings. The highest BCUT2D eigenvalue weighted by Gasteiger charge is 2.36. The van der Waals surface area contributed by atoms with Gasteiger partial charge in [0.1, 0.15) is 5.60 Å². The molecule has 1 aliphatic rings. The summed E-state index contributed by atoms with van der Waals surface area (Å²) in [5, 5.41) is 0. The number of hydrogen-bond acceptors (Lipinski definition) is 2. The van der Waals surface area contributed by atoms with Gasteiger partial charge in [-0.25, -0.2) is 4.79 Å². The Morgan fingerprint density at radius 3 is 2.35 bits per heavy atom. The van der Waals surface area contributed by atoms with E-state index in [1.165, 1.54) is 25.7 Å². The maximum absolute atomic E-state index is 11.7. The van der Waals surface area contributed by atoms with Gasteiger partial charge >= 0.3 is 5.97 Å². The lowest BCUT2D eigenvalue weighted by molar-refractivity contribution is -0.160. The Kier molecular flexibility index (Phi) is 5.23. The lowest BCUT2D eigenvalue weighted by atomic mass is 9.76. The molecular formula is C15H26O2. The molecule has 0 aliphatic heterocycles. The molecule has 0 heterocycles. The zero-order valence-corrected chi connectivity index (χ0v) is 11.6. The van der Waals surface area contributed by atoms with E-state index < -0.39 is 0 Å². The second-order valence-corrected chi connectivity index (χ2v) is 5.44. The van der Waals surface area contributed by atoms with Crippen LogP contribution in [0.3, 0.4) is 0 Å². The van der Waals surface area contributed by atoms with Crippen LogP contribution in [0.2, 0.25) is 0 Å². The molecule has 0 atom stereocenters. The van der Waals surface area contributed by atoms with Crippen molar-refractivity contribution in [3.05, 3.63) is 12.2 Å². The minimum absolute atomic E-state index is 0.208. The normalized spacial score (nSPS) is 28.8. The number of esters is 1. The molecule has 0 aromatic carbocycles. The third-order valence-corrected chi connectivity index (χ3v) is 4.02. The first kappa shape index (κ1) is 14.3. The highest BCUT2D eigenvalue weighted by molar-refractivity contribution is 5.87. The fraction of sp³-hybridized carbons (Fsp3) is 0.800. The van der Waals surface area contributed by atoms with Crippen molar-refractivity contribution in [1.29, 1.82) is 0 Å². The lowest BCUT2D eigenvalue weighted by Gasteiger charge is -2.39. The maximum atomic E-state index is 11.7. The van der Waals surface area contributed by atoms with Crippen LogP contribution in [0.15, 0.2) is 12.2 Å². The van der Waals surface area contributed by atoms with Crippen molar-refractivity contribution >= 4 is 5.97 Å². The van der Waals surface area contributed by atoms with Crippen LogP contribution < -0.4 is 0 Å². The fourth-order valence-electron chi connectivity index (χ4n) is 2.71. The van der Waals surface area contributed by atoms with Crippen LogP contribution in [-0.2, 0) is 9.53 Å². The van der Waals surface area contributed by atoms with Crippen LogP contribution in [-0.4, -0.2) is 11.6 Å². The van der Waals surface area contributed by atoms with Gasteiger partial charge in [-0.1, -0.05) is 33.3 Å². The number of hydrogen-bond donors (Lipinski definition) is 0. The first-order valence-electron chi connectivity index (χ1n) is 6.92. The Balaban J connectivity index is 2.55. The molecule has 0 radical (unpaired) electrons. The van der Waals surface area contributed by atoms with E-state index in [0.717, 1.165) is 25.2 Å². The van der Waals surface area contributed by atoms with Crippen LogP contribution in [0.25, 0.3) is 0 Å². The van der Waals surface area contributed by atoms with Gasteiger partial charge < -0.3 is 4.74 Å². The zero-order chi connectivity index (χ0) is 12.9. The van der Waals surface area contributed by atoms with Gasteiger partial charge in [0.25, 0.3) is 0 Å². The summed E-state index contributed by atoms with van der Waals surface area (Å²) in [6.07, 6.45) is 7.94. The van der Waals surface area contributed by atoms with Crippen molar-refractivity contribution < 1.29 is 9.53 Å². The Morgan fingerprint density at radius 1 is 1.35 bits per heavy atom. The molecule has 0 N–H and O–H groups in total. The molecule has 1 fully saturated rings. The third-order valence-electron chi connectivity index (χ3n) is 4.02. The molecule has 17 heavy (non-hydrogen) atoms. The molecular weight excluding hydrogens is 212 g/mol. The number of rotatable bonds is 5. The molecule has 0 bridgehead atoms. The standard InChI is InChI=1S/C15H26O2/c1-5-7-13-8-10-15(6-2,11-9-13)17-14(16)12(3)4/h13H,3,5-11H2,1-2,4H3. The highest BCUT2D eigenvalue weighted by Crippen LogP contribution is 2.39. The molecule has 0 unspecified atom stereocenters. The Bertz CT molecular complexity index is 273. The van der Waals surface area contributed by atoms with Crippen LogP contribution in [0.5, 0.6) is 0 Å². The van der Waals surface area contributed by atoms with Gasteiger partial charge in [-0.15, -0.1) is 0 Å². The molecule has 0 amide bonds. The van der Waals surface area contributed by atoms with Gasteiger partial charge in [-0.05, 0) is 44.9 Å². The van der Waals surface area contributed by atoms with Gasteiger partial charge in [-0.2, -0.15) is 0 Å². The average Bonchev–Trinajstić information content (AvgIpc) is 2.32. The summed E-state index contributed by atoms with van der Waals surface area (Å²) < 4.78 is 5.68. The summed E-state index contributed by atoms with van der Waals surface area (Å²) in [4.78, 5) is 11.7. The van der Waals surface area contributed by atoms with Crippen molar-refractivity contribution in [3.8, 4) is 0 Å². The Morgan fingerprint density at radius 2 is 1.94 bits per heavy atom. The monoisotopic (exact) mass is 238 g/mol. The minimum Gasteiger partial charge on any atom is -0.456 e. The summed E-state index contributed by atoms with van der Waals surface area (Å²) in [6, 6.07) is 0. The average molecular weight is 238 g/mol. The maximum Gasteiger partial charge on any atom is 0.333 e. The van der Waals surface area contributed by atoms with E-state index >= 15 is 0 Å². The van der Waals surface area contributed by atoms with Crippen molar-refractivity contribution in [3.63, 3.8) is 0 Å². The number of carbonyl (C=O) groups is 1. The van der Waals surface area contributed by atoms with Gasteiger partial charge in [-0.3, -0.25) is 0 Å². The summed E-state index contributed by atoms with van der Waals surface area (Å²) >= 11 is 0. The van der Waals surface area contributed by atoms with Crippen molar-refractivity contribution in [1.82, 2.24) is 0 Å². The second-order valence-electron chi connectivity index (χ2n) is 5.44. The molecule has 98 valence electrons. The van der Waals surface area contributed by atoms with Gasteiger partial charge in [0.05, 0.1) is 0 Å². The largest absolute Gasteiger partial charge is 0.456 e. The predicted octanol–water partition coefficient (Wildman–Crippen LogP) is 4.24. The summed E-state index contributed by atoms with van der Waals surface area (Å²) in [6.45, 7) is 9.73. The first-order valence-corrected chi connectivity index (χ1v) is 6.92. The van der Waals surface area contributed by atoms with Gasteiger partial charge in [0.15, 0.2) is 0 Å². The summed E-state index contributed by atoms with van der Waals surface area (Å²) in [5.74, 6) is 0.615. The number of carbonyl (C=O) groups excluding carboxylic acids is 1. The van der Waals surface area contributed by atoms with Crippen LogP contribution in [0.4, 0.5) is 0 Å². The smallest absolute Gasteiger partial charge is 0.333 e. The molecule has 0 aromatic heterocycles. The summed E-state index contributed by atoms with van der Waals surface area (Å²) in [7, 11) is 0. The Hall–Kier alpha value is -0.790. The SMILES string of the molecule is C=C(C)C(=O)OC1(CC)CCC(CCC)CC1. The molecule has 0 saturated heterocycles. The van der Waals surface area contributed by atoms with Crippen LogP contribution >= 0.6 is 0 Å². The van der Waals surface area contributed by atoms with Crippen LogP contribution in [0.1, 0.15) is 65.7 Å². The number of ether oxygens (including phenoxy) is 1. The van der Waals surface area contributed by atoms with E-state index in [9.17, 15) is 4.79 Å². The second kappa shape index (κ2) is 6.23. The van der Waals surface area contributed by atoms with Crippen molar-refractivity contribution in [2.75, 3.05) is 0 Å². The van der Waals surface area contributed by atoms with E-state index in [1.807, 2.05) is 0 Å². The van der Waals surface area contributed by atoms with Crippen molar-refractivity contribution in [2.45, 2.75) is 71.3 Å².